The highest BCUT2D eigenvalue weighted by Crippen LogP contribution is 2.22. The number of benzene rings is 2. The van der Waals surface area contributed by atoms with E-state index in [1.807, 2.05) is 56.3 Å². The van der Waals surface area contributed by atoms with E-state index in [0.29, 0.717) is 22.4 Å². The molecule has 0 saturated carbocycles. The molecule has 7 nitrogen and oxygen atoms in total. The Labute approximate surface area is 172 Å². The Balaban J connectivity index is 1.50. The molecule has 0 bridgehead atoms. The summed E-state index contributed by atoms with van der Waals surface area (Å²) in [4.78, 5) is 12.7. The molecule has 0 unspecified atom stereocenters. The number of aromatic nitrogens is 4. The van der Waals surface area contributed by atoms with E-state index in [4.69, 9.17) is 16.0 Å². The summed E-state index contributed by atoms with van der Waals surface area (Å²) in [5, 5.41) is 15.6. The van der Waals surface area contributed by atoms with Gasteiger partial charge in [-0.1, -0.05) is 29.8 Å². The molecule has 2 aromatic carbocycles. The van der Waals surface area contributed by atoms with Crippen LogP contribution in [0.2, 0.25) is 5.02 Å². The van der Waals surface area contributed by atoms with Crippen LogP contribution in [0.25, 0.3) is 17.1 Å². The molecule has 0 aliphatic rings. The van der Waals surface area contributed by atoms with E-state index >= 15 is 0 Å². The smallest absolute Gasteiger partial charge is 0.253 e. The van der Waals surface area contributed by atoms with Crippen LogP contribution >= 0.6 is 11.6 Å². The van der Waals surface area contributed by atoms with Gasteiger partial charge >= 0.3 is 0 Å². The lowest BCUT2D eigenvalue weighted by Gasteiger charge is -2.09. The molecule has 8 heteroatoms. The largest absolute Gasteiger partial charge is 0.419 e. The SMILES string of the molecule is Cc1cc(C)n(-c2ccc(Cl)c(C(=O)NCc3nnc(-c4ccccc4)o3)c2)n1. The molecule has 4 rings (SSSR count). The quantitative estimate of drug-likeness (QED) is 0.537. The monoisotopic (exact) mass is 407 g/mol. The summed E-state index contributed by atoms with van der Waals surface area (Å²) in [6.07, 6.45) is 0. The van der Waals surface area contributed by atoms with Crippen LogP contribution in [-0.4, -0.2) is 25.9 Å². The lowest BCUT2D eigenvalue weighted by Crippen LogP contribution is -2.23. The van der Waals surface area contributed by atoms with Crippen LogP contribution in [0.4, 0.5) is 0 Å². The second-order valence-electron chi connectivity index (χ2n) is 6.55. The first-order valence-corrected chi connectivity index (χ1v) is 9.38. The number of aryl methyl sites for hydroxylation is 2. The number of nitrogens with zero attached hydrogens (tertiary/aromatic N) is 4. The molecule has 29 heavy (non-hydrogen) atoms. The van der Waals surface area contributed by atoms with Crippen LogP contribution in [0.15, 0.2) is 59.0 Å². The number of nitrogens with one attached hydrogen (secondary N) is 1. The highest BCUT2D eigenvalue weighted by molar-refractivity contribution is 6.33. The fourth-order valence-electron chi connectivity index (χ4n) is 2.98. The summed E-state index contributed by atoms with van der Waals surface area (Å²) in [6, 6.07) is 16.6. The number of carbonyl (C=O) groups excluding carboxylic acids is 1. The molecular weight excluding hydrogens is 390 g/mol. The lowest BCUT2D eigenvalue weighted by atomic mass is 10.2. The van der Waals surface area contributed by atoms with Gasteiger partial charge in [0, 0.05) is 11.3 Å². The lowest BCUT2D eigenvalue weighted by molar-refractivity contribution is 0.0947. The molecule has 2 aromatic heterocycles. The number of halogens is 1. The van der Waals surface area contributed by atoms with E-state index in [9.17, 15) is 4.79 Å². The summed E-state index contributed by atoms with van der Waals surface area (Å²) in [5.41, 5.74) is 3.79. The Hall–Kier alpha value is -3.45. The van der Waals surface area contributed by atoms with Gasteiger partial charge in [-0.3, -0.25) is 4.79 Å². The summed E-state index contributed by atoms with van der Waals surface area (Å²) >= 11 is 6.25. The average Bonchev–Trinajstić information content (AvgIpc) is 3.33. The molecule has 0 radical (unpaired) electrons. The average molecular weight is 408 g/mol. The van der Waals surface area contributed by atoms with Crippen molar-refractivity contribution in [3.05, 3.63) is 82.5 Å². The number of hydrogen-bond acceptors (Lipinski definition) is 5. The predicted molar refractivity (Wildman–Crippen MR) is 109 cm³/mol. The molecule has 0 saturated heterocycles. The first kappa shape index (κ1) is 18.9. The van der Waals surface area contributed by atoms with Gasteiger partial charge in [-0.25, -0.2) is 4.68 Å². The molecule has 0 aliphatic carbocycles. The summed E-state index contributed by atoms with van der Waals surface area (Å²) < 4.78 is 7.38. The second kappa shape index (κ2) is 7.89. The van der Waals surface area contributed by atoms with E-state index in [2.05, 4.69) is 20.6 Å². The van der Waals surface area contributed by atoms with Gasteiger partial charge in [0.15, 0.2) is 0 Å². The van der Waals surface area contributed by atoms with Crippen LogP contribution in [-0.2, 0) is 6.54 Å². The first-order valence-electron chi connectivity index (χ1n) is 9.00. The Morgan fingerprint density at radius 2 is 1.90 bits per heavy atom. The van der Waals surface area contributed by atoms with E-state index in [1.54, 1.807) is 16.8 Å². The molecular formula is C21H18ClN5O2. The fourth-order valence-corrected chi connectivity index (χ4v) is 3.19. The standard InChI is InChI=1S/C21H18ClN5O2/c1-13-10-14(2)27(26-13)16-8-9-18(22)17(11-16)20(28)23-12-19-24-25-21(29-19)15-6-4-3-5-7-15/h3-11H,12H2,1-2H3,(H,23,28). The first-order chi connectivity index (χ1) is 14.0. The number of rotatable bonds is 5. The topological polar surface area (TPSA) is 85.8 Å². The molecule has 0 atom stereocenters. The van der Waals surface area contributed by atoms with Crippen molar-refractivity contribution >= 4 is 17.5 Å². The van der Waals surface area contributed by atoms with Crippen molar-refractivity contribution in [2.24, 2.45) is 0 Å². The van der Waals surface area contributed by atoms with Gasteiger partial charge in [0.1, 0.15) is 0 Å². The zero-order chi connectivity index (χ0) is 20.4. The minimum atomic E-state index is -0.335. The van der Waals surface area contributed by atoms with E-state index in [1.165, 1.54) is 0 Å². The minimum absolute atomic E-state index is 0.0964. The second-order valence-corrected chi connectivity index (χ2v) is 6.96. The molecule has 4 aromatic rings. The Morgan fingerprint density at radius 3 is 2.62 bits per heavy atom. The molecule has 1 amide bonds. The Morgan fingerprint density at radius 1 is 1.10 bits per heavy atom. The number of amides is 1. The van der Waals surface area contributed by atoms with Crippen LogP contribution in [0, 0.1) is 13.8 Å². The van der Waals surface area contributed by atoms with Crippen molar-refractivity contribution in [1.29, 1.82) is 0 Å². The van der Waals surface area contributed by atoms with E-state index in [0.717, 1.165) is 22.6 Å². The van der Waals surface area contributed by atoms with Crippen LogP contribution in [0.1, 0.15) is 27.6 Å². The molecule has 0 aliphatic heterocycles. The van der Waals surface area contributed by atoms with Gasteiger partial charge in [0.05, 0.1) is 28.5 Å². The molecule has 2 heterocycles. The molecule has 1 N–H and O–H groups in total. The predicted octanol–water partition coefficient (Wildman–Crippen LogP) is 4.12. The maximum atomic E-state index is 12.7. The highest BCUT2D eigenvalue weighted by atomic mass is 35.5. The summed E-state index contributed by atoms with van der Waals surface area (Å²) in [7, 11) is 0. The van der Waals surface area contributed by atoms with Crippen LogP contribution in [0.3, 0.4) is 0 Å². The van der Waals surface area contributed by atoms with E-state index in [-0.39, 0.29) is 12.5 Å². The Kier molecular flexibility index (Phi) is 5.14. The Bertz CT molecular complexity index is 1170. The third kappa shape index (κ3) is 4.05. The van der Waals surface area contributed by atoms with Crippen LogP contribution < -0.4 is 5.32 Å². The maximum absolute atomic E-state index is 12.7. The van der Waals surface area contributed by atoms with Gasteiger partial charge in [-0.05, 0) is 50.2 Å². The fraction of sp³-hybridized carbons (Fsp3) is 0.143. The van der Waals surface area contributed by atoms with Gasteiger partial charge in [-0.2, -0.15) is 5.10 Å². The van der Waals surface area contributed by atoms with Crippen molar-refractivity contribution in [3.63, 3.8) is 0 Å². The zero-order valence-corrected chi connectivity index (χ0v) is 16.6. The summed E-state index contributed by atoms with van der Waals surface area (Å²) in [5.74, 6) is 0.375. The van der Waals surface area contributed by atoms with Crippen LogP contribution in [0.5, 0.6) is 0 Å². The highest BCUT2D eigenvalue weighted by Gasteiger charge is 2.15. The van der Waals surface area contributed by atoms with Crippen molar-refractivity contribution in [1.82, 2.24) is 25.3 Å². The number of hydrogen-bond donors (Lipinski definition) is 1. The van der Waals surface area contributed by atoms with Crippen molar-refractivity contribution in [2.75, 3.05) is 0 Å². The third-order valence-corrected chi connectivity index (χ3v) is 4.67. The zero-order valence-electron chi connectivity index (χ0n) is 15.9. The summed E-state index contributed by atoms with van der Waals surface area (Å²) in [6.45, 7) is 3.97. The van der Waals surface area contributed by atoms with E-state index < -0.39 is 0 Å². The van der Waals surface area contributed by atoms with Crippen molar-refractivity contribution in [2.45, 2.75) is 20.4 Å². The molecule has 146 valence electrons. The molecule has 0 spiro atoms. The van der Waals surface area contributed by atoms with Gasteiger partial charge in [0.25, 0.3) is 5.91 Å². The minimum Gasteiger partial charge on any atom is -0.419 e. The number of carbonyl (C=O) groups is 1. The van der Waals surface area contributed by atoms with Gasteiger partial charge in [-0.15, -0.1) is 10.2 Å². The van der Waals surface area contributed by atoms with Gasteiger partial charge in [0.2, 0.25) is 11.8 Å². The molecule has 0 fully saturated rings. The van der Waals surface area contributed by atoms with Crippen molar-refractivity contribution < 1.29 is 9.21 Å². The maximum Gasteiger partial charge on any atom is 0.253 e. The third-order valence-electron chi connectivity index (χ3n) is 4.34. The van der Waals surface area contributed by atoms with Gasteiger partial charge < -0.3 is 9.73 Å². The van der Waals surface area contributed by atoms with Crippen molar-refractivity contribution in [3.8, 4) is 17.1 Å². The normalized spacial score (nSPS) is 10.9.